The van der Waals surface area contributed by atoms with Gasteiger partial charge in [-0.15, -0.1) is 0 Å². The first-order valence-electron chi connectivity index (χ1n) is 7.63. The predicted octanol–water partition coefficient (Wildman–Crippen LogP) is 2.65. The van der Waals surface area contributed by atoms with Gasteiger partial charge in [-0.25, -0.2) is 0 Å². The topological polar surface area (TPSA) is 62.8 Å². The van der Waals surface area contributed by atoms with E-state index in [1.54, 1.807) is 39.5 Å². The van der Waals surface area contributed by atoms with E-state index < -0.39 is 0 Å². The van der Waals surface area contributed by atoms with Gasteiger partial charge < -0.3 is 25.0 Å². The summed E-state index contributed by atoms with van der Waals surface area (Å²) in [5.74, 6) is 1.04. The molecule has 0 atom stereocenters. The Morgan fingerprint density at radius 1 is 1.08 bits per heavy atom. The number of hydrogen-bond acceptors (Lipinski definition) is 4. The van der Waals surface area contributed by atoms with Gasteiger partial charge in [0.2, 0.25) is 5.91 Å². The van der Waals surface area contributed by atoms with Crippen LogP contribution in [0.25, 0.3) is 0 Å². The fourth-order valence-electron chi connectivity index (χ4n) is 2.15. The summed E-state index contributed by atoms with van der Waals surface area (Å²) >= 11 is 5.20. The summed E-state index contributed by atoms with van der Waals surface area (Å²) in [5.41, 5.74) is 1.56. The lowest BCUT2D eigenvalue weighted by molar-refractivity contribution is -0.117. The highest BCUT2D eigenvalue weighted by Gasteiger charge is 2.14. The van der Waals surface area contributed by atoms with Crippen LogP contribution in [0.1, 0.15) is 0 Å². The molecule has 132 valence electrons. The molecule has 0 radical (unpaired) electrons. The minimum absolute atomic E-state index is 0.0729. The molecule has 0 spiro atoms. The fourth-order valence-corrected chi connectivity index (χ4v) is 2.34. The van der Waals surface area contributed by atoms with Crippen LogP contribution in [-0.2, 0) is 4.79 Å². The molecule has 0 unspecified atom stereocenters. The Balaban J connectivity index is 1.93. The number of anilines is 2. The van der Waals surface area contributed by atoms with E-state index in [-0.39, 0.29) is 12.5 Å². The quantitative estimate of drug-likeness (QED) is 0.773. The third-order valence-corrected chi connectivity index (χ3v) is 3.81. The van der Waals surface area contributed by atoms with Gasteiger partial charge >= 0.3 is 0 Å². The summed E-state index contributed by atoms with van der Waals surface area (Å²) in [5, 5.41) is 6.32. The molecule has 2 aromatic carbocycles. The van der Waals surface area contributed by atoms with E-state index in [1.807, 2.05) is 30.3 Å². The first-order valence-corrected chi connectivity index (χ1v) is 8.04. The summed E-state index contributed by atoms with van der Waals surface area (Å²) in [6.45, 7) is 0.0729. The van der Waals surface area contributed by atoms with Crippen molar-refractivity contribution in [1.29, 1.82) is 0 Å². The van der Waals surface area contributed by atoms with Crippen molar-refractivity contribution in [3.8, 4) is 11.5 Å². The molecule has 2 N–H and O–H groups in total. The standard InChI is InChI=1S/C18H21N3O3S/c1-21(14-9-10-15(23-2)16(11-14)24-3)17(22)12-19-18(25)20-13-7-5-4-6-8-13/h4-11H,12H2,1-3H3,(H2,19,20,25). The predicted molar refractivity (Wildman–Crippen MR) is 104 cm³/mol. The molecule has 1 amide bonds. The SMILES string of the molecule is COc1ccc(N(C)C(=O)CNC(=S)Nc2ccccc2)cc1OC. The normalized spacial score (nSPS) is 9.88. The maximum atomic E-state index is 12.4. The van der Waals surface area contributed by atoms with Crippen LogP contribution in [0.5, 0.6) is 11.5 Å². The molecule has 2 aromatic rings. The summed E-state index contributed by atoms with van der Waals surface area (Å²) < 4.78 is 10.5. The van der Waals surface area contributed by atoms with Crippen molar-refractivity contribution in [3.63, 3.8) is 0 Å². The zero-order valence-electron chi connectivity index (χ0n) is 14.4. The molecule has 7 heteroatoms. The van der Waals surface area contributed by atoms with E-state index in [0.29, 0.717) is 22.3 Å². The molecule has 0 aromatic heterocycles. The molecule has 0 aliphatic rings. The van der Waals surface area contributed by atoms with Crippen molar-refractivity contribution in [1.82, 2.24) is 5.32 Å². The zero-order chi connectivity index (χ0) is 18.2. The van der Waals surface area contributed by atoms with Crippen molar-refractivity contribution in [2.24, 2.45) is 0 Å². The van der Waals surface area contributed by atoms with Gasteiger partial charge in [0.25, 0.3) is 0 Å². The van der Waals surface area contributed by atoms with Crippen LogP contribution in [0.3, 0.4) is 0 Å². The number of hydrogen-bond donors (Lipinski definition) is 2. The van der Waals surface area contributed by atoms with Crippen LogP contribution in [-0.4, -0.2) is 38.8 Å². The number of carbonyl (C=O) groups is 1. The Hall–Kier alpha value is -2.80. The van der Waals surface area contributed by atoms with E-state index in [0.717, 1.165) is 5.69 Å². The number of methoxy groups -OCH3 is 2. The lowest BCUT2D eigenvalue weighted by Gasteiger charge is -2.20. The fraction of sp³-hybridized carbons (Fsp3) is 0.222. The van der Waals surface area contributed by atoms with E-state index in [1.165, 1.54) is 4.90 Å². The average Bonchev–Trinajstić information content (AvgIpc) is 2.65. The number of likely N-dealkylation sites (N-methyl/N-ethyl adjacent to an activating group) is 1. The van der Waals surface area contributed by atoms with Crippen LogP contribution in [0, 0.1) is 0 Å². The number of para-hydroxylation sites is 1. The third-order valence-electron chi connectivity index (χ3n) is 3.56. The first-order chi connectivity index (χ1) is 12.0. The van der Waals surface area contributed by atoms with Gasteiger partial charge in [-0.05, 0) is 36.5 Å². The van der Waals surface area contributed by atoms with Gasteiger partial charge in [0, 0.05) is 24.5 Å². The number of carbonyl (C=O) groups excluding carboxylic acids is 1. The van der Waals surface area contributed by atoms with Crippen molar-refractivity contribution in [2.75, 3.05) is 38.0 Å². The number of nitrogens with zero attached hydrogens (tertiary/aromatic N) is 1. The monoisotopic (exact) mass is 359 g/mol. The van der Waals surface area contributed by atoms with Gasteiger partial charge in [0.05, 0.1) is 20.8 Å². The minimum atomic E-state index is -0.135. The molecule has 0 aliphatic heterocycles. The molecule has 0 saturated carbocycles. The zero-order valence-corrected chi connectivity index (χ0v) is 15.2. The van der Waals surface area contributed by atoms with Crippen LogP contribution >= 0.6 is 12.2 Å². The van der Waals surface area contributed by atoms with Crippen LogP contribution in [0.15, 0.2) is 48.5 Å². The van der Waals surface area contributed by atoms with Crippen molar-refractivity contribution >= 4 is 34.6 Å². The largest absolute Gasteiger partial charge is 0.493 e. The second kappa shape index (κ2) is 8.89. The highest BCUT2D eigenvalue weighted by molar-refractivity contribution is 7.80. The second-order valence-electron chi connectivity index (χ2n) is 5.17. The molecule has 0 fully saturated rings. The van der Waals surface area contributed by atoms with E-state index in [2.05, 4.69) is 10.6 Å². The summed E-state index contributed by atoms with van der Waals surface area (Å²) in [4.78, 5) is 13.9. The van der Waals surface area contributed by atoms with E-state index >= 15 is 0 Å². The smallest absolute Gasteiger partial charge is 0.246 e. The van der Waals surface area contributed by atoms with Crippen molar-refractivity contribution in [3.05, 3.63) is 48.5 Å². The van der Waals surface area contributed by atoms with Crippen LogP contribution in [0.2, 0.25) is 0 Å². The minimum Gasteiger partial charge on any atom is -0.493 e. The van der Waals surface area contributed by atoms with Crippen molar-refractivity contribution in [2.45, 2.75) is 0 Å². The van der Waals surface area contributed by atoms with E-state index in [9.17, 15) is 4.79 Å². The molecule has 0 bridgehead atoms. The van der Waals surface area contributed by atoms with Crippen molar-refractivity contribution < 1.29 is 14.3 Å². The Labute approximate surface area is 152 Å². The average molecular weight is 359 g/mol. The number of thiocarbonyl (C=S) groups is 1. The molecule has 6 nitrogen and oxygen atoms in total. The molecule has 0 heterocycles. The highest BCUT2D eigenvalue weighted by Crippen LogP contribution is 2.31. The summed E-state index contributed by atoms with van der Waals surface area (Å²) in [6, 6.07) is 14.8. The number of ether oxygens (including phenoxy) is 2. The first kappa shape index (κ1) is 18.5. The molecule has 2 rings (SSSR count). The lowest BCUT2D eigenvalue weighted by Crippen LogP contribution is -2.39. The second-order valence-corrected chi connectivity index (χ2v) is 5.57. The van der Waals surface area contributed by atoms with Gasteiger partial charge in [0.1, 0.15) is 0 Å². The van der Waals surface area contributed by atoms with Gasteiger partial charge in [-0.2, -0.15) is 0 Å². The summed E-state index contributed by atoms with van der Waals surface area (Å²) in [6.07, 6.45) is 0. The van der Waals surface area contributed by atoms with Gasteiger partial charge in [0.15, 0.2) is 16.6 Å². The third kappa shape index (κ3) is 5.09. The Kier molecular flexibility index (Phi) is 6.59. The molecule has 0 aliphatic carbocycles. The molecule has 0 saturated heterocycles. The number of benzene rings is 2. The van der Waals surface area contributed by atoms with Crippen LogP contribution in [0.4, 0.5) is 11.4 Å². The van der Waals surface area contributed by atoms with Crippen LogP contribution < -0.4 is 25.0 Å². The molecule has 25 heavy (non-hydrogen) atoms. The van der Waals surface area contributed by atoms with Gasteiger partial charge in [-0.1, -0.05) is 18.2 Å². The van der Waals surface area contributed by atoms with Gasteiger partial charge in [-0.3, -0.25) is 4.79 Å². The maximum Gasteiger partial charge on any atom is 0.246 e. The Morgan fingerprint density at radius 2 is 1.76 bits per heavy atom. The molecular weight excluding hydrogens is 338 g/mol. The number of nitrogens with one attached hydrogen (secondary N) is 2. The molecular formula is C18H21N3O3S. The number of amides is 1. The van der Waals surface area contributed by atoms with E-state index in [4.69, 9.17) is 21.7 Å². The summed E-state index contributed by atoms with van der Waals surface area (Å²) in [7, 11) is 4.81. The highest BCUT2D eigenvalue weighted by atomic mass is 32.1. The Morgan fingerprint density at radius 3 is 2.40 bits per heavy atom. The maximum absolute atomic E-state index is 12.4. The lowest BCUT2D eigenvalue weighted by atomic mass is 10.2. The number of rotatable bonds is 6. The Bertz CT molecular complexity index is 738.